The summed E-state index contributed by atoms with van der Waals surface area (Å²) in [6.45, 7) is 7.29. The summed E-state index contributed by atoms with van der Waals surface area (Å²) >= 11 is 0. The van der Waals surface area contributed by atoms with E-state index < -0.39 is 0 Å². The average molecular weight is 306 g/mol. The molecule has 0 spiro atoms. The van der Waals surface area contributed by atoms with E-state index in [1.165, 1.54) is 44.2 Å². The molecule has 1 aromatic heterocycles. The molecule has 2 aliphatic rings. The molecule has 0 unspecified atom stereocenters. The molecule has 0 bridgehead atoms. The van der Waals surface area contributed by atoms with Crippen LogP contribution < -0.4 is 5.32 Å². The molecule has 0 amide bonds. The Kier molecular flexibility index (Phi) is 5.50. The smallest absolute Gasteiger partial charge is 0.0594 e. The van der Waals surface area contributed by atoms with E-state index in [9.17, 15) is 0 Å². The Morgan fingerprint density at radius 2 is 2.00 bits per heavy atom. The molecule has 1 aliphatic carbocycles. The van der Waals surface area contributed by atoms with Crippen LogP contribution in [-0.4, -0.2) is 54.1 Å². The van der Waals surface area contributed by atoms with E-state index in [1.54, 1.807) is 0 Å². The van der Waals surface area contributed by atoms with Crippen molar-refractivity contribution in [1.29, 1.82) is 0 Å². The van der Waals surface area contributed by atoms with Gasteiger partial charge in [-0.1, -0.05) is 19.3 Å². The van der Waals surface area contributed by atoms with Gasteiger partial charge in [-0.05, 0) is 18.3 Å². The second-order valence-corrected chi connectivity index (χ2v) is 7.07. The molecule has 1 aromatic rings. The number of nitrogens with one attached hydrogen (secondary N) is 1. The van der Waals surface area contributed by atoms with Crippen molar-refractivity contribution < 1.29 is 4.74 Å². The van der Waals surface area contributed by atoms with Gasteiger partial charge in [0.1, 0.15) is 0 Å². The lowest BCUT2D eigenvalue weighted by Gasteiger charge is -2.42. The van der Waals surface area contributed by atoms with Crippen LogP contribution in [0.25, 0.3) is 0 Å². The minimum Gasteiger partial charge on any atom is -0.379 e. The van der Waals surface area contributed by atoms with Gasteiger partial charge in [-0.25, -0.2) is 0 Å². The first-order valence-corrected chi connectivity index (χ1v) is 8.74. The van der Waals surface area contributed by atoms with Crippen LogP contribution in [0.2, 0.25) is 0 Å². The van der Waals surface area contributed by atoms with Gasteiger partial charge in [0, 0.05) is 51.5 Å². The molecule has 5 nitrogen and oxygen atoms in total. The van der Waals surface area contributed by atoms with Crippen molar-refractivity contribution >= 4 is 0 Å². The van der Waals surface area contributed by atoms with Gasteiger partial charge in [-0.2, -0.15) is 5.10 Å². The standard InChI is InChI=1S/C17H30N4O/c1-20-13-16(12-19-20)11-18-14-17(5-3-2-4-6-17)15-21-7-9-22-10-8-21/h12-13,18H,2-11,14-15H2,1H3. The van der Waals surface area contributed by atoms with Crippen LogP contribution in [0.15, 0.2) is 12.4 Å². The summed E-state index contributed by atoms with van der Waals surface area (Å²) in [6.07, 6.45) is 11.0. The minimum absolute atomic E-state index is 0.456. The van der Waals surface area contributed by atoms with E-state index in [0.717, 1.165) is 39.4 Å². The van der Waals surface area contributed by atoms with Crippen LogP contribution in [0, 0.1) is 5.41 Å². The summed E-state index contributed by atoms with van der Waals surface area (Å²) in [5.74, 6) is 0. The Hall–Kier alpha value is -0.910. The molecule has 2 heterocycles. The molecular formula is C17H30N4O. The number of ether oxygens (including phenoxy) is 1. The fourth-order valence-electron chi connectivity index (χ4n) is 3.96. The second kappa shape index (κ2) is 7.57. The van der Waals surface area contributed by atoms with Gasteiger partial charge in [0.05, 0.1) is 19.4 Å². The Morgan fingerprint density at radius 1 is 1.23 bits per heavy atom. The lowest BCUT2D eigenvalue weighted by Crippen LogP contribution is -2.48. The number of nitrogens with zero attached hydrogens (tertiary/aromatic N) is 3. The maximum Gasteiger partial charge on any atom is 0.0594 e. The first-order chi connectivity index (χ1) is 10.8. The summed E-state index contributed by atoms with van der Waals surface area (Å²) in [5, 5.41) is 7.95. The van der Waals surface area contributed by atoms with Crippen LogP contribution in [-0.2, 0) is 18.3 Å². The van der Waals surface area contributed by atoms with Gasteiger partial charge in [0.25, 0.3) is 0 Å². The number of rotatable bonds is 6. The second-order valence-electron chi connectivity index (χ2n) is 7.07. The largest absolute Gasteiger partial charge is 0.379 e. The summed E-state index contributed by atoms with van der Waals surface area (Å²) in [6, 6.07) is 0. The van der Waals surface area contributed by atoms with Gasteiger partial charge < -0.3 is 10.1 Å². The highest BCUT2D eigenvalue weighted by Gasteiger charge is 2.34. The number of hydrogen-bond donors (Lipinski definition) is 1. The fraction of sp³-hybridized carbons (Fsp3) is 0.824. The molecule has 1 aliphatic heterocycles. The predicted octanol–water partition coefficient (Wildman–Crippen LogP) is 1.79. The van der Waals surface area contributed by atoms with E-state index in [4.69, 9.17) is 4.74 Å². The zero-order chi connectivity index (χ0) is 15.3. The number of morpholine rings is 1. The predicted molar refractivity (Wildman–Crippen MR) is 87.7 cm³/mol. The SMILES string of the molecule is Cn1cc(CNCC2(CN3CCOCC3)CCCCC2)cn1. The third kappa shape index (κ3) is 4.31. The van der Waals surface area contributed by atoms with Crippen LogP contribution in [0.5, 0.6) is 0 Å². The quantitative estimate of drug-likeness (QED) is 0.870. The van der Waals surface area contributed by atoms with Gasteiger partial charge in [-0.3, -0.25) is 9.58 Å². The molecule has 0 atom stereocenters. The maximum absolute atomic E-state index is 5.50. The van der Waals surface area contributed by atoms with E-state index in [2.05, 4.69) is 21.5 Å². The molecule has 3 rings (SSSR count). The van der Waals surface area contributed by atoms with Gasteiger partial charge in [0.15, 0.2) is 0 Å². The molecule has 0 aromatic carbocycles. The lowest BCUT2D eigenvalue weighted by atomic mass is 9.73. The molecule has 124 valence electrons. The van der Waals surface area contributed by atoms with E-state index >= 15 is 0 Å². The molecule has 1 saturated heterocycles. The van der Waals surface area contributed by atoms with Crippen molar-refractivity contribution in [2.75, 3.05) is 39.4 Å². The highest BCUT2D eigenvalue weighted by Crippen LogP contribution is 2.36. The molecule has 0 radical (unpaired) electrons. The van der Waals surface area contributed by atoms with Gasteiger partial charge in [0.2, 0.25) is 0 Å². The minimum atomic E-state index is 0.456. The lowest BCUT2D eigenvalue weighted by molar-refractivity contribution is 0.00713. The van der Waals surface area contributed by atoms with Crippen molar-refractivity contribution in [3.8, 4) is 0 Å². The van der Waals surface area contributed by atoms with Crippen LogP contribution >= 0.6 is 0 Å². The third-order valence-electron chi connectivity index (χ3n) is 5.16. The third-order valence-corrected chi connectivity index (χ3v) is 5.16. The van der Waals surface area contributed by atoms with E-state index in [-0.39, 0.29) is 0 Å². The van der Waals surface area contributed by atoms with Crippen LogP contribution in [0.1, 0.15) is 37.7 Å². The van der Waals surface area contributed by atoms with Crippen LogP contribution in [0.4, 0.5) is 0 Å². The Bertz CT molecular complexity index is 447. The molecular weight excluding hydrogens is 276 g/mol. The number of aromatic nitrogens is 2. The molecule has 1 N–H and O–H groups in total. The zero-order valence-corrected chi connectivity index (χ0v) is 13.9. The summed E-state index contributed by atoms with van der Waals surface area (Å²) in [5.41, 5.74) is 1.73. The monoisotopic (exact) mass is 306 g/mol. The fourth-order valence-corrected chi connectivity index (χ4v) is 3.96. The first kappa shape index (κ1) is 16.0. The molecule has 22 heavy (non-hydrogen) atoms. The maximum atomic E-state index is 5.50. The Labute approximate surface area is 134 Å². The van der Waals surface area contributed by atoms with Crippen molar-refractivity contribution in [2.45, 2.75) is 38.6 Å². The van der Waals surface area contributed by atoms with Crippen molar-refractivity contribution in [3.05, 3.63) is 18.0 Å². The highest BCUT2D eigenvalue weighted by atomic mass is 16.5. The molecule has 5 heteroatoms. The normalized spacial score (nSPS) is 22.8. The van der Waals surface area contributed by atoms with Crippen molar-refractivity contribution in [1.82, 2.24) is 20.0 Å². The van der Waals surface area contributed by atoms with E-state index in [1.807, 2.05) is 17.9 Å². The highest BCUT2D eigenvalue weighted by molar-refractivity contribution is 5.03. The summed E-state index contributed by atoms with van der Waals surface area (Å²) in [4.78, 5) is 2.61. The van der Waals surface area contributed by atoms with Crippen molar-refractivity contribution in [2.24, 2.45) is 12.5 Å². The molecule has 2 fully saturated rings. The Morgan fingerprint density at radius 3 is 2.68 bits per heavy atom. The summed E-state index contributed by atoms with van der Waals surface area (Å²) in [7, 11) is 1.98. The first-order valence-electron chi connectivity index (χ1n) is 8.74. The van der Waals surface area contributed by atoms with E-state index in [0.29, 0.717) is 5.41 Å². The summed E-state index contributed by atoms with van der Waals surface area (Å²) < 4.78 is 7.37. The average Bonchev–Trinajstić information content (AvgIpc) is 2.95. The number of aryl methyl sites for hydroxylation is 1. The zero-order valence-electron chi connectivity index (χ0n) is 13.9. The van der Waals surface area contributed by atoms with Crippen LogP contribution in [0.3, 0.4) is 0 Å². The van der Waals surface area contributed by atoms with Gasteiger partial charge in [-0.15, -0.1) is 0 Å². The van der Waals surface area contributed by atoms with Gasteiger partial charge >= 0.3 is 0 Å². The molecule has 1 saturated carbocycles. The van der Waals surface area contributed by atoms with Crippen molar-refractivity contribution in [3.63, 3.8) is 0 Å². The topological polar surface area (TPSA) is 42.3 Å². The Balaban J connectivity index is 1.53. The number of hydrogen-bond acceptors (Lipinski definition) is 4.